The fourth-order valence-electron chi connectivity index (χ4n) is 2.09. The SMILES string of the molecule is c1ncn(Cc2ccc(NC3CCSC3)cc2)n1. The summed E-state index contributed by atoms with van der Waals surface area (Å²) >= 11 is 2.03. The maximum atomic E-state index is 4.10. The second-order valence-corrected chi connectivity index (χ2v) is 5.64. The first-order valence-electron chi connectivity index (χ1n) is 6.16. The zero-order chi connectivity index (χ0) is 12.2. The van der Waals surface area contributed by atoms with E-state index < -0.39 is 0 Å². The molecule has 4 nitrogen and oxygen atoms in total. The Bertz CT molecular complexity index is 474. The normalized spacial score (nSPS) is 19.0. The zero-order valence-electron chi connectivity index (χ0n) is 10.1. The minimum absolute atomic E-state index is 0.635. The van der Waals surface area contributed by atoms with E-state index in [0.29, 0.717) is 6.04 Å². The molecule has 1 fully saturated rings. The van der Waals surface area contributed by atoms with Crippen molar-refractivity contribution in [2.24, 2.45) is 0 Å². The van der Waals surface area contributed by atoms with Crippen LogP contribution in [-0.2, 0) is 6.54 Å². The first-order chi connectivity index (χ1) is 8.90. The van der Waals surface area contributed by atoms with E-state index in [2.05, 4.69) is 39.7 Å². The van der Waals surface area contributed by atoms with E-state index in [4.69, 9.17) is 0 Å². The molecule has 0 bridgehead atoms. The predicted octanol–water partition coefficient (Wildman–Crippen LogP) is 2.24. The number of hydrogen-bond donors (Lipinski definition) is 1. The van der Waals surface area contributed by atoms with Crippen molar-refractivity contribution in [2.75, 3.05) is 16.8 Å². The molecule has 1 N–H and O–H groups in total. The maximum Gasteiger partial charge on any atom is 0.137 e. The lowest BCUT2D eigenvalue weighted by Crippen LogP contribution is -2.17. The van der Waals surface area contributed by atoms with Gasteiger partial charge in [0.15, 0.2) is 0 Å². The zero-order valence-corrected chi connectivity index (χ0v) is 10.9. The van der Waals surface area contributed by atoms with Gasteiger partial charge in [-0.2, -0.15) is 16.9 Å². The summed E-state index contributed by atoms with van der Waals surface area (Å²) in [4.78, 5) is 3.94. The second-order valence-electron chi connectivity index (χ2n) is 4.49. The van der Waals surface area contributed by atoms with E-state index in [1.807, 2.05) is 16.4 Å². The predicted molar refractivity (Wildman–Crippen MR) is 74.9 cm³/mol. The standard InChI is InChI=1S/C13H16N4S/c1-3-12(16-13-5-6-18-8-13)4-2-11(1)7-17-10-14-9-15-17/h1-4,9-10,13,16H,5-8H2. The lowest BCUT2D eigenvalue weighted by atomic mass is 10.2. The second kappa shape index (κ2) is 5.44. The number of rotatable bonds is 4. The molecule has 0 amide bonds. The molecule has 1 aromatic carbocycles. The van der Waals surface area contributed by atoms with Crippen LogP contribution in [0.1, 0.15) is 12.0 Å². The summed E-state index contributed by atoms with van der Waals surface area (Å²) in [5.41, 5.74) is 2.46. The molecular weight excluding hydrogens is 244 g/mol. The third kappa shape index (κ3) is 2.85. The lowest BCUT2D eigenvalue weighted by molar-refractivity contribution is 0.685. The van der Waals surface area contributed by atoms with Gasteiger partial charge < -0.3 is 5.32 Å². The molecule has 18 heavy (non-hydrogen) atoms. The van der Waals surface area contributed by atoms with Crippen molar-refractivity contribution < 1.29 is 0 Å². The molecule has 0 saturated carbocycles. The average Bonchev–Trinajstić information content (AvgIpc) is 3.05. The van der Waals surface area contributed by atoms with Crippen molar-refractivity contribution in [1.82, 2.24) is 14.8 Å². The Morgan fingerprint density at radius 1 is 1.33 bits per heavy atom. The molecule has 1 unspecified atom stereocenters. The van der Waals surface area contributed by atoms with Gasteiger partial charge in [-0.05, 0) is 29.9 Å². The van der Waals surface area contributed by atoms with Crippen LogP contribution in [0.3, 0.4) is 0 Å². The first kappa shape index (κ1) is 11.6. The largest absolute Gasteiger partial charge is 0.381 e. The van der Waals surface area contributed by atoms with Crippen molar-refractivity contribution in [3.8, 4) is 0 Å². The van der Waals surface area contributed by atoms with E-state index in [-0.39, 0.29) is 0 Å². The molecule has 1 saturated heterocycles. The number of aromatic nitrogens is 3. The van der Waals surface area contributed by atoms with Crippen LogP contribution in [0, 0.1) is 0 Å². The Hall–Kier alpha value is -1.49. The van der Waals surface area contributed by atoms with E-state index >= 15 is 0 Å². The first-order valence-corrected chi connectivity index (χ1v) is 7.31. The van der Waals surface area contributed by atoms with Crippen LogP contribution in [0.15, 0.2) is 36.9 Å². The highest BCUT2D eigenvalue weighted by Gasteiger charge is 2.14. The lowest BCUT2D eigenvalue weighted by Gasteiger charge is -2.13. The Labute approximate surface area is 111 Å². The monoisotopic (exact) mass is 260 g/mol. The number of anilines is 1. The molecule has 0 spiro atoms. The van der Waals surface area contributed by atoms with Crippen LogP contribution >= 0.6 is 11.8 Å². The van der Waals surface area contributed by atoms with E-state index in [0.717, 1.165) is 6.54 Å². The smallest absolute Gasteiger partial charge is 0.137 e. The van der Waals surface area contributed by atoms with Crippen LogP contribution < -0.4 is 5.32 Å². The van der Waals surface area contributed by atoms with E-state index in [9.17, 15) is 0 Å². The summed E-state index contributed by atoms with van der Waals surface area (Å²) in [6, 6.07) is 9.22. The summed E-state index contributed by atoms with van der Waals surface area (Å²) in [6.07, 6.45) is 4.57. The maximum absolute atomic E-state index is 4.10. The highest BCUT2D eigenvalue weighted by molar-refractivity contribution is 7.99. The molecular formula is C13H16N4S. The Morgan fingerprint density at radius 3 is 2.89 bits per heavy atom. The number of nitrogens with one attached hydrogen (secondary N) is 1. The summed E-state index contributed by atoms with van der Waals surface area (Å²) in [5, 5.41) is 7.68. The summed E-state index contributed by atoms with van der Waals surface area (Å²) in [7, 11) is 0. The Kier molecular flexibility index (Phi) is 3.50. The molecule has 1 aliphatic heterocycles. The van der Waals surface area contributed by atoms with E-state index in [1.54, 1.807) is 12.7 Å². The summed E-state index contributed by atoms with van der Waals surface area (Å²) in [5.74, 6) is 2.50. The van der Waals surface area contributed by atoms with Crippen molar-refractivity contribution in [3.05, 3.63) is 42.5 Å². The molecule has 3 rings (SSSR count). The molecule has 1 atom stereocenters. The van der Waals surface area contributed by atoms with Gasteiger partial charge in [0.25, 0.3) is 0 Å². The molecule has 94 valence electrons. The quantitative estimate of drug-likeness (QED) is 0.915. The van der Waals surface area contributed by atoms with Gasteiger partial charge in [-0.25, -0.2) is 9.67 Å². The molecule has 1 aliphatic rings. The molecule has 5 heteroatoms. The molecule has 2 aromatic rings. The van der Waals surface area contributed by atoms with Crippen LogP contribution in [0.5, 0.6) is 0 Å². The average molecular weight is 260 g/mol. The summed E-state index contributed by atoms with van der Waals surface area (Å²) in [6.45, 7) is 0.777. The van der Waals surface area contributed by atoms with E-state index in [1.165, 1.54) is 29.2 Å². The van der Waals surface area contributed by atoms with Crippen molar-refractivity contribution in [1.29, 1.82) is 0 Å². The van der Waals surface area contributed by atoms with Gasteiger partial charge in [0.05, 0.1) is 6.54 Å². The highest BCUT2D eigenvalue weighted by Crippen LogP contribution is 2.21. The topological polar surface area (TPSA) is 42.7 Å². The Balaban J connectivity index is 1.61. The molecule has 2 heterocycles. The minimum Gasteiger partial charge on any atom is -0.381 e. The number of benzene rings is 1. The van der Waals surface area contributed by atoms with Gasteiger partial charge >= 0.3 is 0 Å². The number of hydrogen-bond acceptors (Lipinski definition) is 4. The molecule has 0 radical (unpaired) electrons. The van der Waals surface area contributed by atoms with Crippen molar-refractivity contribution in [3.63, 3.8) is 0 Å². The van der Waals surface area contributed by atoms with Crippen molar-refractivity contribution >= 4 is 17.4 Å². The summed E-state index contributed by atoms with van der Waals surface area (Å²) < 4.78 is 1.83. The van der Waals surface area contributed by atoms with Gasteiger partial charge in [-0.15, -0.1) is 0 Å². The fourth-order valence-corrected chi connectivity index (χ4v) is 3.24. The van der Waals surface area contributed by atoms with Gasteiger partial charge in [-0.3, -0.25) is 0 Å². The molecule has 1 aromatic heterocycles. The van der Waals surface area contributed by atoms with Gasteiger partial charge in [-0.1, -0.05) is 12.1 Å². The third-order valence-electron chi connectivity index (χ3n) is 3.07. The molecule has 0 aliphatic carbocycles. The Morgan fingerprint density at radius 2 is 2.22 bits per heavy atom. The van der Waals surface area contributed by atoms with Crippen LogP contribution in [0.2, 0.25) is 0 Å². The third-order valence-corrected chi connectivity index (χ3v) is 4.23. The fraction of sp³-hybridized carbons (Fsp3) is 0.385. The van der Waals surface area contributed by atoms with Crippen molar-refractivity contribution in [2.45, 2.75) is 19.0 Å². The van der Waals surface area contributed by atoms with Gasteiger partial charge in [0.2, 0.25) is 0 Å². The number of nitrogens with zero attached hydrogens (tertiary/aromatic N) is 3. The van der Waals surface area contributed by atoms with Crippen LogP contribution in [0.4, 0.5) is 5.69 Å². The number of thioether (sulfide) groups is 1. The minimum atomic E-state index is 0.635. The van der Waals surface area contributed by atoms with Crippen LogP contribution in [-0.4, -0.2) is 32.3 Å². The van der Waals surface area contributed by atoms with Gasteiger partial charge in [0, 0.05) is 17.5 Å². The highest BCUT2D eigenvalue weighted by atomic mass is 32.2. The van der Waals surface area contributed by atoms with Crippen LogP contribution in [0.25, 0.3) is 0 Å². The van der Waals surface area contributed by atoms with Gasteiger partial charge in [0.1, 0.15) is 12.7 Å².